The lowest BCUT2D eigenvalue weighted by atomic mass is 9.89. The van der Waals surface area contributed by atoms with Crippen LogP contribution in [0, 0.1) is 5.41 Å². The molecule has 1 aliphatic carbocycles. The first kappa shape index (κ1) is 7.80. The van der Waals surface area contributed by atoms with Crippen molar-refractivity contribution in [2.24, 2.45) is 5.41 Å². The smallest absolute Gasteiger partial charge is 0.0801 e. The van der Waals surface area contributed by atoms with Gasteiger partial charge in [0.25, 0.3) is 0 Å². The van der Waals surface area contributed by atoms with Gasteiger partial charge in [0.2, 0.25) is 0 Å². The standard InChI is InChI=1S/C9H16O/c1-4-7-5-6-9(2,3)8(7)10/h4,8,10H,5-6H2,1-3H3/b7-4+. The van der Waals surface area contributed by atoms with Gasteiger partial charge in [-0.25, -0.2) is 0 Å². The third-order valence-electron chi connectivity index (χ3n) is 2.52. The summed E-state index contributed by atoms with van der Waals surface area (Å²) in [5.74, 6) is 0. The van der Waals surface area contributed by atoms with Crippen LogP contribution in [-0.2, 0) is 0 Å². The first-order valence-electron chi connectivity index (χ1n) is 3.91. The van der Waals surface area contributed by atoms with E-state index >= 15 is 0 Å². The topological polar surface area (TPSA) is 20.2 Å². The van der Waals surface area contributed by atoms with E-state index in [2.05, 4.69) is 13.8 Å². The van der Waals surface area contributed by atoms with Gasteiger partial charge < -0.3 is 5.11 Å². The first-order chi connectivity index (χ1) is 4.58. The van der Waals surface area contributed by atoms with E-state index in [1.165, 1.54) is 5.57 Å². The van der Waals surface area contributed by atoms with Crippen LogP contribution in [0.1, 0.15) is 33.6 Å². The number of aliphatic hydroxyl groups excluding tert-OH is 1. The average Bonchev–Trinajstić information content (AvgIpc) is 2.10. The van der Waals surface area contributed by atoms with Crippen LogP contribution in [0.3, 0.4) is 0 Å². The second-order valence-electron chi connectivity index (χ2n) is 3.75. The van der Waals surface area contributed by atoms with Gasteiger partial charge in [-0.15, -0.1) is 0 Å². The molecule has 0 aliphatic heterocycles. The maximum Gasteiger partial charge on any atom is 0.0801 e. The van der Waals surface area contributed by atoms with Gasteiger partial charge >= 0.3 is 0 Å². The molecular weight excluding hydrogens is 124 g/mol. The molecule has 0 aromatic heterocycles. The summed E-state index contributed by atoms with van der Waals surface area (Å²) in [4.78, 5) is 0. The molecule has 0 saturated heterocycles. The molecular formula is C9H16O. The monoisotopic (exact) mass is 140 g/mol. The number of hydrogen-bond donors (Lipinski definition) is 1. The Labute approximate surface area is 62.8 Å². The highest BCUT2D eigenvalue weighted by molar-refractivity contribution is 5.16. The van der Waals surface area contributed by atoms with E-state index in [4.69, 9.17) is 0 Å². The zero-order chi connectivity index (χ0) is 7.78. The fraction of sp³-hybridized carbons (Fsp3) is 0.778. The van der Waals surface area contributed by atoms with E-state index < -0.39 is 0 Å². The molecule has 10 heavy (non-hydrogen) atoms. The number of allylic oxidation sites excluding steroid dienone is 1. The van der Waals surface area contributed by atoms with Crippen molar-refractivity contribution in [1.82, 2.24) is 0 Å². The Kier molecular flexibility index (Phi) is 1.86. The zero-order valence-corrected chi connectivity index (χ0v) is 7.02. The molecule has 0 aromatic carbocycles. The lowest BCUT2D eigenvalue weighted by Gasteiger charge is -2.21. The van der Waals surface area contributed by atoms with E-state index in [9.17, 15) is 5.11 Å². The van der Waals surface area contributed by atoms with E-state index in [1.807, 2.05) is 13.0 Å². The summed E-state index contributed by atoms with van der Waals surface area (Å²) in [6, 6.07) is 0. The Balaban J connectivity index is 2.77. The van der Waals surface area contributed by atoms with Crippen molar-refractivity contribution >= 4 is 0 Å². The van der Waals surface area contributed by atoms with Crippen LogP contribution in [-0.4, -0.2) is 11.2 Å². The molecule has 0 aromatic rings. The normalized spacial score (nSPS) is 35.2. The molecule has 1 N–H and O–H groups in total. The highest BCUT2D eigenvalue weighted by atomic mass is 16.3. The summed E-state index contributed by atoms with van der Waals surface area (Å²) >= 11 is 0. The lowest BCUT2D eigenvalue weighted by Crippen LogP contribution is -2.23. The van der Waals surface area contributed by atoms with Crippen LogP contribution >= 0.6 is 0 Å². The maximum absolute atomic E-state index is 9.65. The zero-order valence-electron chi connectivity index (χ0n) is 7.02. The highest BCUT2D eigenvalue weighted by Gasteiger charge is 2.35. The molecule has 1 saturated carbocycles. The minimum absolute atomic E-state index is 0.113. The van der Waals surface area contributed by atoms with Gasteiger partial charge in [0.15, 0.2) is 0 Å². The summed E-state index contributed by atoms with van der Waals surface area (Å²) in [7, 11) is 0. The Morgan fingerprint density at radius 3 is 2.40 bits per heavy atom. The molecule has 1 aliphatic rings. The molecule has 1 nitrogen and oxygen atoms in total. The third-order valence-corrected chi connectivity index (χ3v) is 2.52. The average molecular weight is 140 g/mol. The van der Waals surface area contributed by atoms with Gasteiger partial charge in [0.05, 0.1) is 6.10 Å². The minimum Gasteiger partial charge on any atom is -0.388 e. The van der Waals surface area contributed by atoms with Crippen molar-refractivity contribution in [2.45, 2.75) is 39.7 Å². The molecule has 58 valence electrons. The Morgan fingerprint density at radius 2 is 2.20 bits per heavy atom. The molecule has 0 bridgehead atoms. The second kappa shape index (κ2) is 2.39. The fourth-order valence-electron chi connectivity index (χ4n) is 1.54. The van der Waals surface area contributed by atoms with Crippen molar-refractivity contribution < 1.29 is 5.11 Å². The fourth-order valence-corrected chi connectivity index (χ4v) is 1.54. The summed E-state index contributed by atoms with van der Waals surface area (Å²) < 4.78 is 0. The van der Waals surface area contributed by atoms with Crippen LogP contribution in [0.4, 0.5) is 0 Å². The molecule has 0 heterocycles. The van der Waals surface area contributed by atoms with Crippen molar-refractivity contribution in [3.05, 3.63) is 11.6 Å². The van der Waals surface area contributed by atoms with Crippen LogP contribution in [0.5, 0.6) is 0 Å². The Hall–Kier alpha value is -0.300. The largest absolute Gasteiger partial charge is 0.388 e. The summed E-state index contributed by atoms with van der Waals surface area (Å²) in [5.41, 5.74) is 1.33. The molecule has 1 rings (SSSR count). The predicted molar refractivity (Wildman–Crippen MR) is 42.8 cm³/mol. The maximum atomic E-state index is 9.65. The van der Waals surface area contributed by atoms with Gasteiger partial charge in [-0.05, 0) is 30.8 Å². The molecule has 0 spiro atoms. The predicted octanol–water partition coefficient (Wildman–Crippen LogP) is 2.11. The van der Waals surface area contributed by atoms with Crippen LogP contribution in [0.25, 0.3) is 0 Å². The van der Waals surface area contributed by atoms with E-state index in [-0.39, 0.29) is 11.5 Å². The van der Waals surface area contributed by atoms with Crippen molar-refractivity contribution in [3.63, 3.8) is 0 Å². The molecule has 1 atom stereocenters. The van der Waals surface area contributed by atoms with Crippen LogP contribution in [0.15, 0.2) is 11.6 Å². The van der Waals surface area contributed by atoms with E-state index in [1.54, 1.807) is 0 Å². The first-order valence-corrected chi connectivity index (χ1v) is 3.91. The third kappa shape index (κ3) is 1.10. The van der Waals surface area contributed by atoms with Gasteiger partial charge in [-0.2, -0.15) is 0 Å². The summed E-state index contributed by atoms with van der Waals surface area (Å²) in [5, 5.41) is 9.65. The number of rotatable bonds is 0. The molecule has 0 radical (unpaired) electrons. The molecule has 1 unspecified atom stereocenters. The summed E-state index contributed by atoms with van der Waals surface area (Å²) in [6.45, 7) is 6.24. The lowest BCUT2D eigenvalue weighted by molar-refractivity contribution is 0.104. The van der Waals surface area contributed by atoms with Crippen molar-refractivity contribution in [2.75, 3.05) is 0 Å². The SMILES string of the molecule is C/C=C1\CCC(C)(C)C1O. The minimum atomic E-state index is -0.197. The van der Waals surface area contributed by atoms with Crippen LogP contribution in [0.2, 0.25) is 0 Å². The molecule has 1 fully saturated rings. The Morgan fingerprint density at radius 1 is 1.60 bits per heavy atom. The van der Waals surface area contributed by atoms with E-state index in [0.29, 0.717) is 0 Å². The Bertz CT molecular complexity index is 156. The van der Waals surface area contributed by atoms with E-state index in [0.717, 1.165) is 12.8 Å². The van der Waals surface area contributed by atoms with Gasteiger partial charge in [0, 0.05) is 0 Å². The highest BCUT2D eigenvalue weighted by Crippen LogP contribution is 2.40. The number of aliphatic hydroxyl groups is 1. The number of hydrogen-bond acceptors (Lipinski definition) is 1. The van der Waals surface area contributed by atoms with Gasteiger partial charge in [-0.3, -0.25) is 0 Å². The second-order valence-corrected chi connectivity index (χ2v) is 3.75. The summed E-state index contributed by atoms with van der Waals surface area (Å²) in [6.07, 6.45) is 4.04. The van der Waals surface area contributed by atoms with Gasteiger partial charge in [-0.1, -0.05) is 19.9 Å². The van der Waals surface area contributed by atoms with Crippen LogP contribution < -0.4 is 0 Å². The molecule has 0 amide bonds. The van der Waals surface area contributed by atoms with Crippen molar-refractivity contribution in [1.29, 1.82) is 0 Å². The quantitative estimate of drug-likeness (QED) is 0.511. The van der Waals surface area contributed by atoms with Crippen molar-refractivity contribution in [3.8, 4) is 0 Å². The van der Waals surface area contributed by atoms with Gasteiger partial charge in [0.1, 0.15) is 0 Å². The molecule has 1 heteroatoms.